The molecule has 0 heterocycles. The molecule has 0 spiro atoms. The summed E-state index contributed by atoms with van der Waals surface area (Å²) in [6.45, 7) is 0. The van der Waals surface area contributed by atoms with Gasteiger partial charge in [0.25, 0.3) is 0 Å². The van der Waals surface area contributed by atoms with Crippen LogP contribution in [-0.4, -0.2) is 12.4 Å². The van der Waals surface area contributed by atoms with E-state index < -0.39 is 0 Å². The van der Waals surface area contributed by atoms with Crippen LogP contribution >= 0.6 is 0 Å². The van der Waals surface area contributed by atoms with Crippen molar-refractivity contribution >= 4 is 36.0 Å². The highest BCUT2D eigenvalue weighted by atomic mass is 14.7. The Morgan fingerprint density at radius 3 is 1.22 bits per heavy atom. The van der Waals surface area contributed by atoms with Crippen LogP contribution in [0.1, 0.15) is 11.1 Å². The van der Waals surface area contributed by atoms with Gasteiger partial charge in [0.15, 0.2) is 0 Å². The van der Waals surface area contributed by atoms with E-state index >= 15 is 0 Å². The summed E-state index contributed by atoms with van der Waals surface area (Å²) in [6.07, 6.45) is 11.7. The number of hydrogen-bond donors (Lipinski definition) is 0. The van der Waals surface area contributed by atoms with Gasteiger partial charge >= 0.3 is 0 Å². The van der Waals surface area contributed by atoms with Gasteiger partial charge in [0.1, 0.15) is 0 Å². The lowest BCUT2D eigenvalue weighted by atomic mass is 10.0. The van der Waals surface area contributed by atoms with E-state index in [-0.39, 0.29) is 0 Å². The van der Waals surface area contributed by atoms with Crippen LogP contribution in [0.5, 0.6) is 0 Å². The van der Waals surface area contributed by atoms with Crippen molar-refractivity contribution < 1.29 is 0 Å². The minimum absolute atomic E-state index is 0.910. The first-order chi connectivity index (χ1) is 15.9. The van der Waals surface area contributed by atoms with Crippen molar-refractivity contribution in [3.8, 4) is 11.1 Å². The van der Waals surface area contributed by atoms with E-state index in [4.69, 9.17) is 9.98 Å². The molecule has 0 atom stereocenters. The summed E-state index contributed by atoms with van der Waals surface area (Å²) in [4.78, 5) is 9.39. The predicted octanol–water partition coefficient (Wildman–Crippen LogP) is 8.19. The summed E-state index contributed by atoms with van der Waals surface area (Å²) in [5.74, 6) is 0. The first-order valence-corrected chi connectivity index (χ1v) is 10.6. The van der Waals surface area contributed by atoms with Crippen LogP contribution < -0.4 is 0 Å². The molecule has 4 aromatic rings. The van der Waals surface area contributed by atoms with Crippen molar-refractivity contribution in [1.82, 2.24) is 0 Å². The predicted molar refractivity (Wildman–Crippen MR) is 139 cm³/mol. The largest absolute Gasteiger partial charge is 0.256 e. The van der Waals surface area contributed by atoms with Gasteiger partial charge in [-0.3, -0.25) is 9.98 Å². The third-order valence-electron chi connectivity index (χ3n) is 4.87. The lowest BCUT2D eigenvalue weighted by Crippen LogP contribution is -1.81. The van der Waals surface area contributed by atoms with E-state index in [1.165, 1.54) is 0 Å². The van der Waals surface area contributed by atoms with E-state index in [9.17, 15) is 0 Å². The summed E-state index contributed by atoms with van der Waals surface area (Å²) in [6, 6.07) is 36.7. The van der Waals surface area contributed by atoms with Crippen LogP contribution in [0.2, 0.25) is 0 Å². The molecule has 4 aromatic carbocycles. The molecule has 0 saturated carbocycles. The second-order valence-electron chi connectivity index (χ2n) is 7.13. The number of nitrogens with zero attached hydrogens (tertiary/aromatic N) is 2. The molecule has 0 saturated heterocycles. The molecular formula is C30H24N2. The van der Waals surface area contributed by atoms with Gasteiger partial charge in [0.2, 0.25) is 0 Å². The Morgan fingerprint density at radius 2 is 0.781 bits per heavy atom. The Kier molecular flexibility index (Phi) is 7.33. The van der Waals surface area contributed by atoms with Crippen LogP contribution in [0.15, 0.2) is 131 Å². The van der Waals surface area contributed by atoms with E-state index in [1.807, 2.05) is 110 Å². The molecular weight excluding hydrogens is 388 g/mol. The minimum Gasteiger partial charge on any atom is -0.256 e. The third-order valence-corrected chi connectivity index (χ3v) is 4.87. The summed E-state index contributed by atoms with van der Waals surface area (Å²) < 4.78 is 0. The Labute approximate surface area is 189 Å². The van der Waals surface area contributed by atoms with Gasteiger partial charge < -0.3 is 0 Å². The average molecular weight is 413 g/mol. The smallest absolute Gasteiger partial charge is 0.0708 e. The average Bonchev–Trinajstić information content (AvgIpc) is 2.86. The summed E-state index contributed by atoms with van der Waals surface area (Å²) >= 11 is 0. The van der Waals surface area contributed by atoms with Crippen LogP contribution in [0.3, 0.4) is 0 Å². The highest BCUT2D eigenvalue weighted by molar-refractivity contribution is 5.90. The third kappa shape index (κ3) is 5.87. The molecule has 0 aliphatic rings. The molecule has 0 aliphatic carbocycles. The van der Waals surface area contributed by atoms with E-state index in [1.54, 1.807) is 0 Å². The number of benzene rings is 4. The lowest BCUT2D eigenvalue weighted by Gasteiger charge is -2.08. The van der Waals surface area contributed by atoms with Crippen molar-refractivity contribution in [2.75, 3.05) is 0 Å². The van der Waals surface area contributed by atoms with Crippen molar-refractivity contribution in [1.29, 1.82) is 0 Å². The molecule has 0 fully saturated rings. The van der Waals surface area contributed by atoms with Crippen LogP contribution in [0.4, 0.5) is 11.4 Å². The normalized spacial score (nSPS) is 11.9. The highest BCUT2D eigenvalue weighted by Crippen LogP contribution is 2.36. The zero-order chi connectivity index (χ0) is 21.8. The number of aliphatic imine (C=N–C) groups is 2. The topological polar surface area (TPSA) is 24.7 Å². The zero-order valence-corrected chi connectivity index (χ0v) is 17.8. The van der Waals surface area contributed by atoms with Gasteiger partial charge in [-0.2, -0.15) is 0 Å². The summed E-state index contributed by atoms with van der Waals surface area (Å²) in [5.41, 5.74) is 6.22. The molecule has 0 radical (unpaired) electrons. The first-order valence-electron chi connectivity index (χ1n) is 10.6. The summed E-state index contributed by atoms with van der Waals surface area (Å²) in [7, 11) is 0. The van der Waals surface area contributed by atoms with Gasteiger partial charge in [-0.1, -0.05) is 109 Å². The van der Waals surface area contributed by atoms with E-state index in [2.05, 4.69) is 36.4 Å². The molecule has 0 amide bonds. The standard InChI is InChI=1S/C30H24N2/c1-3-13-25(14-4-1)17-11-23-31-29-21-9-7-19-27(29)28-20-8-10-22-30(28)32-24-12-18-26-15-5-2-6-16-26/h1-24H. The fraction of sp³-hybridized carbons (Fsp3) is 0. The number of rotatable bonds is 7. The van der Waals surface area contributed by atoms with Crippen molar-refractivity contribution in [3.05, 3.63) is 132 Å². The second-order valence-corrected chi connectivity index (χ2v) is 7.13. The van der Waals surface area contributed by atoms with Gasteiger partial charge in [-0.05, 0) is 35.4 Å². The van der Waals surface area contributed by atoms with Crippen molar-refractivity contribution in [2.24, 2.45) is 9.98 Å². The first kappa shape index (κ1) is 21.0. The van der Waals surface area contributed by atoms with Crippen LogP contribution in [-0.2, 0) is 0 Å². The maximum atomic E-state index is 4.70. The lowest BCUT2D eigenvalue weighted by molar-refractivity contribution is 1.48. The molecule has 4 rings (SSSR count). The fourth-order valence-electron chi connectivity index (χ4n) is 3.31. The Hall–Kier alpha value is -4.30. The van der Waals surface area contributed by atoms with Gasteiger partial charge in [-0.15, -0.1) is 0 Å². The molecule has 0 N–H and O–H groups in total. The van der Waals surface area contributed by atoms with Gasteiger partial charge in [0.05, 0.1) is 11.4 Å². The van der Waals surface area contributed by atoms with E-state index in [0.29, 0.717) is 0 Å². The molecule has 0 unspecified atom stereocenters. The Bertz CT molecular complexity index is 1150. The molecule has 32 heavy (non-hydrogen) atoms. The second kappa shape index (κ2) is 11.2. The molecule has 0 aliphatic heterocycles. The van der Waals surface area contributed by atoms with Gasteiger partial charge in [-0.25, -0.2) is 0 Å². The van der Waals surface area contributed by atoms with Gasteiger partial charge in [0, 0.05) is 23.6 Å². The molecule has 0 bridgehead atoms. The number of allylic oxidation sites excluding steroid dienone is 2. The molecule has 2 nitrogen and oxygen atoms in total. The summed E-state index contributed by atoms with van der Waals surface area (Å²) in [5, 5.41) is 0. The fourth-order valence-corrected chi connectivity index (χ4v) is 3.31. The SMILES string of the molecule is C(=Cc1ccccc1)C=Nc1ccccc1-c1ccccc1N=CC=Cc1ccccc1. The van der Waals surface area contributed by atoms with Crippen LogP contribution in [0.25, 0.3) is 23.3 Å². The zero-order valence-electron chi connectivity index (χ0n) is 17.8. The number of hydrogen-bond acceptors (Lipinski definition) is 2. The van der Waals surface area contributed by atoms with Crippen molar-refractivity contribution in [3.63, 3.8) is 0 Å². The van der Waals surface area contributed by atoms with Crippen molar-refractivity contribution in [2.45, 2.75) is 0 Å². The van der Waals surface area contributed by atoms with E-state index in [0.717, 1.165) is 33.6 Å². The molecule has 2 heteroatoms. The van der Waals surface area contributed by atoms with Crippen LogP contribution in [0, 0.1) is 0 Å². The minimum atomic E-state index is 0.910. The molecule has 0 aromatic heterocycles. The monoisotopic (exact) mass is 412 g/mol. The Balaban J connectivity index is 1.55. The maximum absolute atomic E-state index is 4.70. The Morgan fingerprint density at radius 1 is 0.406 bits per heavy atom. The number of para-hydroxylation sites is 2. The highest BCUT2D eigenvalue weighted by Gasteiger charge is 2.07. The molecule has 154 valence electrons. The quantitative estimate of drug-likeness (QED) is 0.273. The maximum Gasteiger partial charge on any atom is 0.0708 e.